The van der Waals surface area contributed by atoms with Crippen molar-refractivity contribution in [1.82, 2.24) is 5.32 Å². The summed E-state index contributed by atoms with van der Waals surface area (Å²) >= 11 is 0. The van der Waals surface area contributed by atoms with Crippen molar-refractivity contribution in [3.8, 4) is 0 Å². The Kier molecular flexibility index (Phi) is 5.15. The summed E-state index contributed by atoms with van der Waals surface area (Å²) in [7, 11) is 3.19. The van der Waals surface area contributed by atoms with E-state index in [9.17, 15) is 4.79 Å². The number of methoxy groups -OCH3 is 2. The lowest BCUT2D eigenvalue weighted by Crippen LogP contribution is -2.49. The summed E-state index contributed by atoms with van der Waals surface area (Å²) in [5.74, 6) is -0.473. The summed E-state index contributed by atoms with van der Waals surface area (Å²) < 4.78 is 10.5. The van der Waals surface area contributed by atoms with Crippen LogP contribution < -0.4 is 5.32 Å². The Balaban J connectivity index is 1.93. The second kappa shape index (κ2) is 6.86. The van der Waals surface area contributed by atoms with Crippen molar-refractivity contribution in [1.29, 1.82) is 0 Å². The first-order valence-corrected chi connectivity index (χ1v) is 7.09. The predicted octanol–water partition coefficient (Wildman–Crippen LogP) is 2.10. The highest BCUT2D eigenvalue weighted by molar-refractivity contribution is 5.78. The zero-order chi connectivity index (χ0) is 14.4. The second-order valence-corrected chi connectivity index (χ2v) is 5.36. The topological polar surface area (TPSA) is 47.6 Å². The second-order valence-electron chi connectivity index (χ2n) is 5.36. The van der Waals surface area contributed by atoms with Gasteiger partial charge in [0.05, 0.1) is 18.6 Å². The maximum atomic E-state index is 11.9. The Morgan fingerprint density at radius 3 is 2.50 bits per heavy atom. The minimum atomic E-state index is -0.268. The fourth-order valence-corrected chi connectivity index (χ4v) is 2.63. The lowest BCUT2D eigenvalue weighted by atomic mass is 9.80. The quantitative estimate of drug-likeness (QED) is 0.775. The van der Waals surface area contributed by atoms with Crippen LogP contribution in [-0.4, -0.2) is 38.9 Å². The molecule has 1 N–H and O–H groups in total. The van der Waals surface area contributed by atoms with E-state index in [2.05, 4.69) is 5.32 Å². The molecule has 20 heavy (non-hydrogen) atoms. The Hall–Kier alpha value is -1.39. The molecule has 0 amide bonds. The SMILES string of the molecule is COC(=O)C(CNCC1(OC)CCC1)c1ccccc1. The van der Waals surface area contributed by atoms with Crippen LogP contribution in [0, 0.1) is 0 Å². The van der Waals surface area contributed by atoms with E-state index < -0.39 is 0 Å². The molecule has 1 saturated carbocycles. The van der Waals surface area contributed by atoms with Gasteiger partial charge in [-0.05, 0) is 24.8 Å². The Labute approximate surface area is 120 Å². The molecule has 110 valence electrons. The number of benzene rings is 1. The van der Waals surface area contributed by atoms with Crippen molar-refractivity contribution in [2.45, 2.75) is 30.8 Å². The average Bonchev–Trinajstić information content (AvgIpc) is 2.46. The van der Waals surface area contributed by atoms with Crippen molar-refractivity contribution in [2.75, 3.05) is 27.3 Å². The summed E-state index contributed by atoms with van der Waals surface area (Å²) in [5, 5.41) is 3.37. The summed E-state index contributed by atoms with van der Waals surface area (Å²) in [4.78, 5) is 11.9. The summed E-state index contributed by atoms with van der Waals surface area (Å²) in [6, 6.07) is 9.73. The number of carbonyl (C=O) groups is 1. The van der Waals surface area contributed by atoms with E-state index in [0.717, 1.165) is 24.9 Å². The normalized spacial score (nSPS) is 18.1. The van der Waals surface area contributed by atoms with Crippen LogP contribution >= 0.6 is 0 Å². The van der Waals surface area contributed by atoms with Gasteiger partial charge in [-0.1, -0.05) is 30.3 Å². The zero-order valence-electron chi connectivity index (χ0n) is 12.2. The number of hydrogen-bond donors (Lipinski definition) is 1. The smallest absolute Gasteiger partial charge is 0.314 e. The molecule has 1 atom stereocenters. The minimum absolute atomic E-state index is 0.0304. The third kappa shape index (κ3) is 3.38. The molecule has 0 spiro atoms. The van der Waals surface area contributed by atoms with E-state index >= 15 is 0 Å². The van der Waals surface area contributed by atoms with Gasteiger partial charge >= 0.3 is 5.97 Å². The molecular formula is C16H23NO3. The van der Waals surface area contributed by atoms with Crippen molar-refractivity contribution >= 4 is 5.97 Å². The number of nitrogens with one attached hydrogen (secondary N) is 1. The van der Waals surface area contributed by atoms with Crippen molar-refractivity contribution in [3.05, 3.63) is 35.9 Å². The molecule has 1 aromatic carbocycles. The third-order valence-corrected chi connectivity index (χ3v) is 4.18. The number of carbonyl (C=O) groups excluding carboxylic acids is 1. The zero-order valence-corrected chi connectivity index (χ0v) is 12.2. The van der Waals surface area contributed by atoms with Gasteiger partial charge in [0, 0.05) is 20.2 Å². The fourth-order valence-electron chi connectivity index (χ4n) is 2.63. The fraction of sp³-hybridized carbons (Fsp3) is 0.562. The molecule has 2 rings (SSSR count). The molecular weight excluding hydrogens is 254 g/mol. The van der Waals surface area contributed by atoms with E-state index in [4.69, 9.17) is 9.47 Å². The molecule has 0 heterocycles. The number of hydrogen-bond acceptors (Lipinski definition) is 4. The number of ether oxygens (including phenoxy) is 2. The summed E-state index contributed by atoms with van der Waals surface area (Å²) in [6.07, 6.45) is 3.39. The molecule has 0 saturated heterocycles. The van der Waals surface area contributed by atoms with Gasteiger partial charge in [0.1, 0.15) is 0 Å². The molecule has 1 aliphatic carbocycles. The van der Waals surface area contributed by atoms with Crippen molar-refractivity contribution in [3.63, 3.8) is 0 Å². The Morgan fingerprint density at radius 2 is 2.00 bits per heavy atom. The van der Waals surface area contributed by atoms with Crippen molar-refractivity contribution in [2.24, 2.45) is 0 Å². The van der Waals surface area contributed by atoms with Crippen LogP contribution in [-0.2, 0) is 14.3 Å². The monoisotopic (exact) mass is 277 g/mol. The summed E-state index contributed by atoms with van der Waals surface area (Å²) in [5.41, 5.74) is 0.948. The molecule has 0 aliphatic heterocycles. The number of rotatable bonds is 7. The first-order valence-electron chi connectivity index (χ1n) is 7.09. The van der Waals surface area contributed by atoms with Crippen LogP contribution in [0.3, 0.4) is 0 Å². The van der Waals surface area contributed by atoms with Crippen LogP contribution in [0.2, 0.25) is 0 Å². The summed E-state index contributed by atoms with van der Waals surface area (Å²) in [6.45, 7) is 1.35. The maximum absolute atomic E-state index is 11.9. The van der Waals surface area contributed by atoms with Gasteiger partial charge in [0.25, 0.3) is 0 Å². The van der Waals surface area contributed by atoms with Gasteiger partial charge in [0.2, 0.25) is 0 Å². The van der Waals surface area contributed by atoms with Crippen LogP contribution in [0.15, 0.2) is 30.3 Å². The van der Waals surface area contributed by atoms with Crippen LogP contribution in [0.1, 0.15) is 30.7 Å². The van der Waals surface area contributed by atoms with Gasteiger partial charge in [0.15, 0.2) is 0 Å². The molecule has 0 bridgehead atoms. The van der Waals surface area contributed by atoms with E-state index in [1.807, 2.05) is 30.3 Å². The standard InChI is InChI=1S/C16H23NO3/c1-19-15(18)14(13-7-4-3-5-8-13)11-17-12-16(20-2)9-6-10-16/h3-5,7-8,14,17H,6,9-12H2,1-2H3. The van der Waals surface area contributed by atoms with Crippen LogP contribution in [0.25, 0.3) is 0 Å². The van der Waals surface area contributed by atoms with Gasteiger partial charge in [-0.15, -0.1) is 0 Å². The molecule has 4 nitrogen and oxygen atoms in total. The van der Waals surface area contributed by atoms with Gasteiger partial charge in [-0.2, -0.15) is 0 Å². The van der Waals surface area contributed by atoms with Crippen LogP contribution in [0.4, 0.5) is 0 Å². The van der Waals surface area contributed by atoms with Crippen LogP contribution in [0.5, 0.6) is 0 Å². The lowest BCUT2D eigenvalue weighted by Gasteiger charge is -2.40. The maximum Gasteiger partial charge on any atom is 0.314 e. The Morgan fingerprint density at radius 1 is 1.30 bits per heavy atom. The van der Waals surface area contributed by atoms with Gasteiger partial charge < -0.3 is 14.8 Å². The van der Waals surface area contributed by atoms with E-state index in [-0.39, 0.29) is 17.5 Å². The van der Waals surface area contributed by atoms with E-state index in [0.29, 0.717) is 6.54 Å². The van der Waals surface area contributed by atoms with E-state index in [1.165, 1.54) is 13.5 Å². The number of esters is 1. The molecule has 0 radical (unpaired) electrons. The van der Waals surface area contributed by atoms with Crippen molar-refractivity contribution < 1.29 is 14.3 Å². The molecule has 4 heteroatoms. The predicted molar refractivity (Wildman–Crippen MR) is 77.7 cm³/mol. The molecule has 1 fully saturated rings. The third-order valence-electron chi connectivity index (χ3n) is 4.18. The largest absolute Gasteiger partial charge is 0.469 e. The highest BCUT2D eigenvalue weighted by Gasteiger charge is 2.36. The molecule has 0 aromatic heterocycles. The minimum Gasteiger partial charge on any atom is -0.469 e. The Bertz CT molecular complexity index is 423. The van der Waals surface area contributed by atoms with E-state index in [1.54, 1.807) is 7.11 Å². The molecule has 1 aliphatic rings. The van der Waals surface area contributed by atoms with Gasteiger partial charge in [-0.3, -0.25) is 4.79 Å². The average molecular weight is 277 g/mol. The lowest BCUT2D eigenvalue weighted by molar-refractivity contribution is -0.142. The highest BCUT2D eigenvalue weighted by atomic mass is 16.5. The molecule has 1 unspecified atom stereocenters. The molecule has 1 aromatic rings. The highest BCUT2D eigenvalue weighted by Crippen LogP contribution is 2.34. The van der Waals surface area contributed by atoms with Gasteiger partial charge in [-0.25, -0.2) is 0 Å². The first-order chi connectivity index (χ1) is 9.71. The first kappa shape index (κ1) is 15.0.